The minimum absolute atomic E-state index is 0.885. The first kappa shape index (κ1) is 27.9. The summed E-state index contributed by atoms with van der Waals surface area (Å²) in [5.41, 5.74) is 12.1. The third-order valence-electron chi connectivity index (χ3n) is 9.26. The molecule has 0 saturated carbocycles. The quantitative estimate of drug-likeness (QED) is 0.185. The average Bonchev–Trinajstić information content (AvgIpc) is 3.53. The van der Waals surface area contributed by atoms with E-state index in [2.05, 4.69) is 193 Å². The number of nitrogens with zero attached hydrogens (tertiary/aromatic N) is 1. The molecule has 0 aliphatic carbocycles. The molecule has 0 N–H and O–H groups in total. The molecular formula is C46H31NO. The lowest BCUT2D eigenvalue weighted by atomic mass is 9.95. The number of fused-ring (bicyclic) bond motifs is 4. The fourth-order valence-electron chi connectivity index (χ4n) is 7.00. The number of anilines is 3. The maximum atomic E-state index is 6.51. The Morgan fingerprint density at radius 2 is 0.896 bits per heavy atom. The number of hydrogen-bond donors (Lipinski definition) is 0. The van der Waals surface area contributed by atoms with E-state index in [9.17, 15) is 0 Å². The number of hydrogen-bond acceptors (Lipinski definition) is 2. The van der Waals surface area contributed by atoms with E-state index in [-0.39, 0.29) is 0 Å². The van der Waals surface area contributed by atoms with E-state index >= 15 is 0 Å². The minimum atomic E-state index is 0.885. The van der Waals surface area contributed by atoms with Gasteiger partial charge in [-0.25, -0.2) is 0 Å². The van der Waals surface area contributed by atoms with Crippen molar-refractivity contribution < 1.29 is 4.42 Å². The van der Waals surface area contributed by atoms with E-state index in [0.717, 1.165) is 50.1 Å². The first-order chi connectivity index (χ1) is 23.8. The molecule has 0 atom stereocenters. The van der Waals surface area contributed by atoms with E-state index in [0.29, 0.717) is 0 Å². The Kier molecular flexibility index (Phi) is 6.84. The van der Waals surface area contributed by atoms with Gasteiger partial charge in [0.25, 0.3) is 0 Å². The maximum absolute atomic E-state index is 6.51. The van der Waals surface area contributed by atoms with E-state index < -0.39 is 0 Å². The van der Waals surface area contributed by atoms with Crippen LogP contribution >= 0.6 is 0 Å². The van der Waals surface area contributed by atoms with Crippen molar-refractivity contribution in [1.82, 2.24) is 0 Å². The Labute approximate surface area is 279 Å². The largest absolute Gasteiger partial charge is 0.456 e. The van der Waals surface area contributed by atoms with Crippen molar-refractivity contribution in [2.75, 3.05) is 4.90 Å². The van der Waals surface area contributed by atoms with Gasteiger partial charge in [0.15, 0.2) is 0 Å². The van der Waals surface area contributed by atoms with Crippen LogP contribution in [0.5, 0.6) is 0 Å². The average molecular weight is 614 g/mol. The number of para-hydroxylation sites is 2. The van der Waals surface area contributed by atoms with E-state index in [1.54, 1.807) is 0 Å². The molecular weight excluding hydrogens is 583 g/mol. The first-order valence-corrected chi connectivity index (χ1v) is 16.4. The molecule has 9 aromatic rings. The molecule has 0 spiro atoms. The van der Waals surface area contributed by atoms with Crippen LogP contribution < -0.4 is 4.90 Å². The topological polar surface area (TPSA) is 16.4 Å². The summed E-state index contributed by atoms with van der Waals surface area (Å²) in [5.74, 6) is 0. The summed E-state index contributed by atoms with van der Waals surface area (Å²) < 4.78 is 6.51. The second kappa shape index (κ2) is 11.8. The Morgan fingerprint density at radius 3 is 1.62 bits per heavy atom. The van der Waals surface area contributed by atoms with Gasteiger partial charge in [0, 0.05) is 27.6 Å². The Hall–Kier alpha value is -6.38. The van der Waals surface area contributed by atoms with Crippen LogP contribution in [0.2, 0.25) is 0 Å². The standard InChI is InChI=1S/C46H31NO/c1-3-14-32(15-4-1)33-26-28-37(29-27-33)47(42-23-11-9-20-38(42)34-16-5-2-6-17-34)43-24-12-10-21-39(43)40-22-13-25-44-46(40)41-30-35-18-7-8-19-36(35)31-45(41)48-44/h1-31H. The van der Waals surface area contributed by atoms with Crippen LogP contribution in [0.4, 0.5) is 17.1 Å². The fourth-order valence-corrected chi connectivity index (χ4v) is 7.00. The Morgan fingerprint density at radius 1 is 0.354 bits per heavy atom. The third-order valence-corrected chi connectivity index (χ3v) is 9.26. The molecule has 0 unspecified atom stereocenters. The van der Waals surface area contributed by atoms with Gasteiger partial charge in [0.05, 0.1) is 11.4 Å². The second-order valence-electron chi connectivity index (χ2n) is 12.1. The molecule has 0 bridgehead atoms. The highest BCUT2D eigenvalue weighted by Crippen LogP contribution is 2.47. The zero-order chi connectivity index (χ0) is 31.9. The number of rotatable bonds is 6. The molecule has 0 saturated heterocycles. The van der Waals surface area contributed by atoms with Crippen LogP contribution in [0, 0.1) is 0 Å². The zero-order valence-corrected chi connectivity index (χ0v) is 26.3. The molecule has 8 aromatic carbocycles. The first-order valence-electron chi connectivity index (χ1n) is 16.4. The molecule has 48 heavy (non-hydrogen) atoms. The zero-order valence-electron chi connectivity index (χ0n) is 26.3. The highest BCUT2D eigenvalue weighted by molar-refractivity contribution is 6.16. The summed E-state index contributed by atoms with van der Waals surface area (Å²) in [6.07, 6.45) is 0. The van der Waals surface area contributed by atoms with Crippen LogP contribution in [0.3, 0.4) is 0 Å². The fraction of sp³-hybridized carbons (Fsp3) is 0. The van der Waals surface area contributed by atoms with Crippen LogP contribution in [0.1, 0.15) is 0 Å². The van der Waals surface area contributed by atoms with Gasteiger partial charge in [-0.3, -0.25) is 0 Å². The molecule has 1 aromatic heterocycles. The van der Waals surface area contributed by atoms with Gasteiger partial charge in [-0.15, -0.1) is 0 Å². The second-order valence-corrected chi connectivity index (χ2v) is 12.1. The van der Waals surface area contributed by atoms with Crippen molar-refractivity contribution in [1.29, 1.82) is 0 Å². The highest BCUT2D eigenvalue weighted by Gasteiger charge is 2.22. The Balaban J connectivity index is 1.29. The van der Waals surface area contributed by atoms with Gasteiger partial charge >= 0.3 is 0 Å². The summed E-state index contributed by atoms with van der Waals surface area (Å²) in [6.45, 7) is 0. The molecule has 2 nitrogen and oxygen atoms in total. The van der Waals surface area contributed by atoms with Crippen molar-refractivity contribution in [3.63, 3.8) is 0 Å². The predicted molar refractivity (Wildman–Crippen MR) is 202 cm³/mol. The molecule has 0 radical (unpaired) electrons. The minimum Gasteiger partial charge on any atom is -0.456 e. The summed E-state index contributed by atoms with van der Waals surface area (Å²) in [4.78, 5) is 2.41. The normalized spacial score (nSPS) is 11.3. The highest BCUT2D eigenvalue weighted by atomic mass is 16.3. The predicted octanol–water partition coefficient (Wildman–Crippen LogP) is 13.2. The monoisotopic (exact) mass is 613 g/mol. The van der Waals surface area contributed by atoms with Gasteiger partial charge in [-0.05, 0) is 75.5 Å². The maximum Gasteiger partial charge on any atom is 0.136 e. The van der Waals surface area contributed by atoms with Crippen molar-refractivity contribution in [2.24, 2.45) is 0 Å². The van der Waals surface area contributed by atoms with Crippen molar-refractivity contribution in [3.05, 3.63) is 188 Å². The SMILES string of the molecule is c1ccc(-c2ccc(N(c3ccccc3-c3ccccc3)c3ccccc3-c3cccc4oc5cc6ccccc6cc5c34)cc2)cc1. The molecule has 2 heteroatoms. The van der Waals surface area contributed by atoms with Gasteiger partial charge < -0.3 is 9.32 Å². The van der Waals surface area contributed by atoms with Crippen molar-refractivity contribution in [3.8, 4) is 33.4 Å². The van der Waals surface area contributed by atoms with Gasteiger partial charge in [0.2, 0.25) is 0 Å². The molecule has 9 rings (SSSR count). The summed E-state index contributed by atoms with van der Waals surface area (Å²) in [7, 11) is 0. The van der Waals surface area contributed by atoms with Crippen LogP contribution in [0.15, 0.2) is 192 Å². The smallest absolute Gasteiger partial charge is 0.136 e. The number of benzene rings is 8. The van der Waals surface area contributed by atoms with E-state index in [4.69, 9.17) is 4.42 Å². The molecule has 0 amide bonds. The molecule has 226 valence electrons. The van der Waals surface area contributed by atoms with Crippen LogP contribution in [-0.2, 0) is 0 Å². The van der Waals surface area contributed by atoms with Crippen molar-refractivity contribution >= 4 is 49.8 Å². The summed E-state index contributed by atoms with van der Waals surface area (Å²) in [6, 6.07) is 66.9. The lowest BCUT2D eigenvalue weighted by molar-refractivity contribution is 0.669. The van der Waals surface area contributed by atoms with E-state index in [1.807, 2.05) is 0 Å². The van der Waals surface area contributed by atoms with Crippen molar-refractivity contribution in [2.45, 2.75) is 0 Å². The summed E-state index contributed by atoms with van der Waals surface area (Å²) in [5, 5.41) is 4.63. The van der Waals surface area contributed by atoms with Crippen LogP contribution in [-0.4, -0.2) is 0 Å². The molecule has 0 aliphatic rings. The van der Waals surface area contributed by atoms with Gasteiger partial charge in [-0.2, -0.15) is 0 Å². The lowest BCUT2D eigenvalue weighted by Gasteiger charge is -2.30. The molecule has 1 heterocycles. The lowest BCUT2D eigenvalue weighted by Crippen LogP contribution is -2.12. The third kappa shape index (κ3) is 4.83. The number of furan rings is 1. The molecule has 0 fully saturated rings. The Bertz CT molecular complexity index is 2550. The summed E-state index contributed by atoms with van der Waals surface area (Å²) >= 11 is 0. The van der Waals surface area contributed by atoms with Crippen LogP contribution in [0.25, 0.3) is 66.1 Å². The van der Waals surface area contributed by atoms with Gasteiger partial charge in [-0.1, -0.05) is 146 Å². The molecule has 0 aliphatic heterocycles. The van der Waals surface area contributed by atoms with E-state index in [1.165, 1.54) is 33.0 Å². The van der Waals surface area contributed by atoms with Gasteiger partial charge in [0.1, 0.15) is 11.2 Å².